The van der Waals surface area contributed by atoms with Crippen molar-refractivity contribution in [2.45, 2.75) is 32.2 Å². The number of piperidine rings is 1. The Balaban J connectivity index is 1.30. The van der Waals surface area contributed by atoms with E-state index < -0.39 is 0 Å². The number of rotatable bonds is 4. The summed E-state index contributed by atoms with van der Waals surface area (Å²) < 4.78 is 7.89. The standard InChI is InChI=1S/C25H23N5O2S/c1-16-12-19(20-13-26-30(23(20)27-16)15-18-7-5-11-33-18)25(31)29-10-4-6-17(14-29)24-28-21-8-2-3-9-22(21)32-24/h2-3,5,7-9,11-13,17H,4,6,10,14-15H2,1H3. The molecule has 0 saturated carbocycles. The summed E-state index contributed by atoms with van der Waals surface area (Å²) in [6.45, 7) is 3.89. The maximum absolute atomic E-state index is 13.7. The van der Waals surface area contributed by atoms with Crippen LogP contribution in [0.4, 0.5) is 0 Å². The second-order valence-electron chi connectivity index (χ2n) is 8.54. The third-order valence-electron chi connectivity index (χ3n) is 6.22. The van der Waals surface area contributed by atoms with Gasteiger partial charge in [0.15, 0.2) is 17.1 Å². The first-order chi connectivity index (χ1) is 16.2. The Labute approximate surface area is 194 Å². The molecule has 1 aromatic carbocycles. The number of para-hydroxylation sites is 2. The first-order valence-electron chi connectivity index (χ1n) is 11.2. The zero-order chi connectivity index (χ0) is 22.4. The van der Waals surface area contributed by atoms with Gasteiger partial charge in [0.1, 0.15) is 5.52 Å². The van der Waals surface area contributed by atoms with Crippen LogP contribution in [-0.2, 0) is 6.54 Å². The highest BCUT2D eigenvalue weighted by molar-refractivity contribution is 7.09. The molecule has 1 aliphatic rings. The van der Waals surface area contributed by atoms with E-state index in [4.69, 9.17) is 9.40 Å². The smallest absolute Gasteiger partial charge is 0.254 e. The van der Waals surface area contributed by atoms with Crippen molar-refractivity contribution >= 4 is 39.4 Å². The van der Waals surface area contributed by atoms with Crippen LogP contribution in [-0.4, -0.2) is 43.6 Å². The van der Waals surface area contributed by atoms with E-state index in [1.807, 2.05) is 52.9 Å². The molecule has 8 heteroatoms. The van der Waals surface area contributed by atoms with Crippen LogP contribution in [0.25, 0.3) is 22.1 Å². The zero-order valence-electron chi connectivity index (χ0n) is 18.3. The predicted molar refractivity (Wildman–Crippen MR) is 128 cm³/mol. The van der Waals surface area contributed by atoms with Crippen molar-refractivity contribution in [3.05, 3.63) is 76.1 Å². The second kappa shape index (κ2) is 8.12. The van der Waals surface area contributed by atoms with Crippen molar-refractivity contribution in [1.82, 2.24) is 24.6 Å². The molecule has 0 spiro atoms. The second-order valence-corrected chi connectivity index (χ2v) is 9.57. The van der Waals surface area contributed by atoms with E-state index in [0.717, 1.165) is 47.2 Å². The van der Waals surface area contributed by atoms with Crippen LogP contribution < -0.4 is 0 Å². The van der Waals surface area contributed by atoms with Gasteiger partial charge in [-0.2, -0.15) is 5.10 Å². The Kier molecular flexibility index (Phi) is 4.95. The third-order valence-corrected chi connectivity index (χ3v) is 7.08. The molecule has 1 amide bonds. The predicted octanol–water partition coefficient (Wildman–Crippen LogP) is 5.01. The van der Waals surface area contributed by atoms with Crippen LogP contribution in [0.3, 0.4) is 0 Å². The van der Waals surface area contributed by atoms with Crippen LogP contribution in [0.1, 0.15) is 45.6 Å². The number of carbonyl (C=O) groups is 1. The summed E-state index contributed by atoms with van der Waals surface area (Å²) in [5.41, 5.74) is 3.87. The van der Waals surface area contributed by atoms with Crippen LogP contribution in [0.5, 0.6) is 0 Å². The minimum absolute atomic E-state index is 0.0157. The van der Waals surface area contributed by atoms with Gasteiger partial charge in [-0.1, -0.05) is 18.2 Å². The first kappa shape index (κ1) is 20.1. The summed E-state index contributed by atoms with van der Waals surface area (Å²) in [7, 11) is 0. The molecule has 0 N–H and O–H groups in total. The van der Waals surface area contributed by atoms with Crippen LogP contribution in [0, 0.1) is 6.92 Å². The Bertz CT molecular complexity index is 1420. The number of fused-ring (bicyclic) bond motifs is 2. The van der Waals surface area contributed by atoms with Crippen LogP contribution >= 0.6 is 11.3 Å². The summed E-state index contributed by atoms with van der Waals surface area (Å²) >= 11 is 1.69. The van der Waals surface area contributed by atoms with Crippen molar-refractivity contribution in [3.63, 3.8) is 0 Å². The molecule has 1 unspecified atom stereocenters. The summed E-state index contributed by atoms with van der Waals surface area (Å²) in [6.07, 6.45) is 3.64. The topological polar surface area (TPSA) is 77.0 Å². The fourth-order valence-corrected chi connectivity index (χ4v) is 5.30. The van der Waals surface area contributed by atoms with E-state index in [9.17, 15) is 4.79 Å². The lowest BCUT2D eigenvalue weighted by molar-refractivity contribution is 0.0700. The molecular weight excluding hydrogens is 434 g/mol. The number of pyridine rings is 1. The van der Waals surface area contributed by atoms with Gasteiger partial charge in [-0.15, -0.1) is 11.3 Å². The average molecular weight is 458 g/mol. The lowest BCUT2D eigenvalue weighted by atomic mass is 9.97. The van der Waals surface area contributed by atoms with Crippen molar-refractivity contribution in [2.75, 3.05) is 13.1 Å². The first-order valence-corrected chi connectivity index (χ1v) is 12.0. The number of hydrogen-bond donors (Lipinski definition) is 0. The van der Waals surface area contributed by atoms with Crippen molar-refractivity contribution in [2.24, 2.45) is 0 Å². The molecule has 0 radical (unpaired) electrons. The number of hydrogen-bond acceptors (Lipinski definition) is 6. The van der Waals surface area contributed by atoms with Gasteiger partial charge in [-0.3, -0.25) is 4.79 Å². The molecule has 7 nitrogen and oxygen atoms in total. The van der Waals surface area contributed by atoms with E-state index in [2.05, 4.69) is 21.5 Å². The highest BCUT2D eigenvalue weighted by atomic mass is 32.1. The number of amides is 1. The number of likely N-dealkylation sites (tertiary alicyclic amines) is 1. The molecule has 1 saturated heterocycles. The zero-order valence-corrected chi connectivity index (χ0v) is 19.1. The Morgan fingerprint density at radius 1 is 1.21 bits per heavy atom. The third kappa shape index (κ3) is 3.70. The fraction of sp³-hybridized carbons (Fsp3) is 0.280. The number of carbonyl (C=O) groups excluding carboxylic acids is 1. The van der Waals surface area contributed by atoms with E-state index in [-0.39, 0.29) is 11.8 Å². The van der Waals surface area contributed by atoms with E-state index >= 15 is 0 Å². The lowest BCUT2D eigenvalue weighted by Gasteiger charge is -2.31. The van der Waals surface area contributed by atoms with Crippen molar-refractivity contribution < 1.29 is 9.21 Å². The minimum atomic E-state index is 0.0157. The summed E-state index contributed by atoms with van der Waals surface area (Å²) in [5.74, 6) is 0.825. The molecule has 166 valence electrons. The molecule has 5 aromatic rings. The van der Waals surface area contributed by atoms with Gasteiger partial charge in [0.2, 0.25) is 0 Å². The molecule has 4 aromatic heterocycles. The van der Waals surface area contributed by atoms with Crippen molar-refractivity contribution in [1.29, 1.82) is 0 Å². The van der Waals surface area contributed by atoms with Gasteiger partial charge in [-0.25, -0.2) is 14.6 Å². The highest BCUT2D eigenvalue weighted by Gasteiger charge is 2.30. The number of nitrogens with zero attached hydrogens (tertiary/aromatic N) is 5. The van der Waals surface area contributed by atoms with Gasteiger partial charge < -0.3 is 9.32 Å². The Hall–Kier alpha value is -3.52. The largest absolute Gasteiger partial charge is 0.440 e. The van der Waals surface area contributed by atoms with Gasteiger partial charge in [0.05, 0.1) is 29.6 Å². The number of benzene rings is 1. The summed E-state index contributed by atoms with van der Waals surface area (Å²) in [5, 5.41) is 7.40. The number of aromatic nitrogens is 4. The highest BCUT2D eigenvalue weighted by Crippen LogP contribution is 2.30. The Morgan fingerprint density at radius 2 is 2.12 bits per heavy atom. The number of oxazole rings is 1. The van der Waals surface area contributed by atoms with Crippen LogP contribution in [0.15, 0.2) is 58.5 Å². The molecule has 1 atom stereocenters. The minimum Gasteiger partial charge on any atom is -0.440 e. The summed E-state index contributed by atoms with van der Waals surface area (Å²) in [4.78, 5) is 26.2. The fourth-order valence-electron chi connectivity index (χ4n) is 4.61. The molecular formula is C25H23N5O2S. The van der Waals surface area contributed by atoms with E-state index in [1.54, 1.807) is 17.5 Å². The maximum atomic E-state index is 13.7. The molecule has 6 rings (SSSR count). The number of thiophene rings is 1. The normalized spacial score (nSPS) is 16.6. The van der Waals surface area contributed by atoms with Gasteiger partial charge in [0, 0.05) is 23.7 Å². The summed E-state index contributed by atoms with van der Waals surface area (Å²) in [6, 6.07) is 13.8. The Morgan fingerprint density at radius 3 is 2.97 bits per heavy atom. The van der Waals surface area contributed by atoms with Crippen LogP contribution in [0.2, 0.25) is 0 Å². The molecule has 1 fully saturated rings. The average Bonchev–Trinajstić information content (AvgIpc) is 3.59. The molecule has 0 aliphatic carbocycles. The SMILES string of the molecule is Cc1cc(C(=O)N2CCCC(c3nc4ccccc4o3)C2)c2cnn(Cc3cccs3)c2n1. The molecule has 5 heterocycles. The molecule has 33 heavy (non-hydrogen) atoms. The molecule has 0 bridgehead atoms. The quantitative estimate of drug-likeness (QED) is 0.379. The van der Waals surface area contributed by atoms with Gasteiger partial charge >= 0.3 is 0 Å². The monoisotopic (exact) mass is 457 g/mol. The number of aryl methyl sites for hydroxylation is 1. The maximum Gasteiger partial charge on any atom is 0.254 e. The van der Waals surface area contributed by atoms with Gasteiger partial charge in [0.25, 0.3) is 5.91 Å². The van der Waals surface area contributed by atoms with E-state index in [1.165, 1.54) is 4.88 Å². The lowest BCUT2D eigenvalue weighted by Crippen LogP contribution is -2.39. The van der Waals surface area contributed by atoms with E-state index in [0.29, 0.717) is 24.5 Å². The van der Waals surface area contributed by atoms with Crippen molar-refractivity contribution in [3.8, 4) is 0 Å². The molecule has 1 aliphatic heterocycles. The van der Waals surface area contributed by atoms with Gasteiger partial charge in [-0.05, 0) is 49.4 Å².